The topological polar surface area (TPSA) is 100 Å². The number of phenolic OH excluding ortho intramolecular Hbond substituents is 2. The Morgan fingerprint density at radius 2 is 1.70 bits per heavy atom. The number of methoxy groups -OCH3 is 2. The Kier molecular flexibility index (Phi) is 5.03. The Hall–Kier alpha value is -3.22. The van der Waals surface area contributed by atoms with Crippen LogP contribution in [0.25, 0.3) is 0 Å². The van der Waals surface area contributed by atoms with Crippen LogP contribution < -0.4 is 14.9 Å². The molecule has 23 heavy (non-hydrogen) atoms. The number of ether oxygens (including phenoxy) is 2. The summed E-state index contributed by atoms with van der Waals surface area (Å²) < 4.78 is 10.2. The van der Waals surface area contributed by atoms with Crippen molar-refractivity contribution in [1.29, 1.82) is 0 Å². The van der Waals surface area contributed by atoms with Gasteiger partial charge in [-0.05, 0) is 35.9 Å². The van der Waals surface area contributed by atoms with Gasteiger partial charge in [0.25, 0.3) is 5.91 Å². The summed E-state index contributed by atoms with van der Waals surface area (Å²) in [5.41, 5.74) is 3.20. The number of carbonyl (C=O) groups excluding carboxylic acids is 1. The highest BCUT2D eigenvalue weighted by Gasteiger charge is 2.09. The lowest BCUT2D eigenvalue weighted by Crippen LogP contribution is -2.17. The van der Waals surface area contributed by atoms with Gasteiger partial charge in [-0.25, -0.2) is 5.43 Å². The van der Waals surface area contributed by atoms with E-state index in [0.717, 1.165) is 0 Å². The molecule has 3 N–H and O–H groups in total. The molecule has 0 fully saturated rings. The van der Waals surface area contributed by atoms with Crippen LogP contribution in [0.1, 0.15) is 15.9 Å². The number of aromatic hydroxyl groups is 2. The van der Waals surface area contributed by atoms with Crippen LogP contribution in [-0.2, 0) is 0 Å². The fourth-order valence-electron chi connectivity index (χ4n) is 1.79. The van der Waals surface area contributed by atoms with Gasteiger partial charge >= 0.3 is 0 Å². The molecule has 7 heteroatoms. The number of hydrogen-bond acceptors (Lipinski definition) is 6. The highest BCUT2D eigenvalue weighted by molar-refractivity contribution is 5.95. The lowest BCUT2D eigenvalue weighted by atomic mass is 10.2. The number of rotatable bonds is 5. The maximum Gasteiger partial charge on any atom is 0.271 e. The van der Waals surface area contributed by atoms with Crippen LogP contribution in [0.3, 0.4) is 0 Å². The Bertz CT molecular complexity index is 721. The van der Waals surface area contributed by atoms with E-state index in [0.29, 0.717) is 22.6 Å². The second-order valence-electron chi connectivity index (χ2n) is 4.55. The monoisotopic (exact) mass is 316 g/mol. The average Bonchev–Trinajstić information content (AvgIpc) is 2.57. The summed E-state index contributed by atoms with van der Waals surface area (Å²) in [6.45, 7) is 0. The number of hydrogen-bond donors (Lipinski definition) is 3. The molecule has 0 unspecified atom stereocenters. The van der Waals surface area contributed by atoms with Crippen LogP contribution in [0.15, 0.2) is 41.5 Å². The van der Waals surface area contributed by atoms with E-state index in [-0.39, 0.29) is 11.5 Å². The lowest BCUT2D eigenvalue weighted by molar-refractivity contribution is 0.0954. The molecule has 120 valence electrons. The van der Waals surface area contributed by atoms with Crippen molar-refractivity contribution in [3.8, 4) is 23.0 Å². The van der Waals surface area contributed by atoms with Gasteiger partial charge < -0.3 is 19.7 Å². The van der Waals surface area contributed by atoms with E-state index < -0.39 is 5.91 Å². The molecule has 0 spiro atoms. The van der Waals surface area contributed by atoms with E-state index in [2.05, 4.69) is 10.5 Å². The third kappa shape index (κ3) is 4.13. The van der Waals surface area contributed by atoms with E-state index in [1.54, 1.807) is 24.3 Å². The highest BCUT2D eigenvalue weighted by Crippen LogP contribution is 2.24. The van der Waals surface area contributed by atoms with Gasteiger partial charge in [-0.15, -0.1) is 0 Å². The van der Waals surface area contributed by atoms with Crippen LogP contribution in [0.2, 0.25) is 0 Å². The molecule has 2 aromatic rings. The first-order valence-corrected chi connectivity index (χ1v) is 6.62. The van der Waals surface area contributed by atoms with Crippen molar-refractivity contribution in [3.05, 3.63) is 47.5 Å². The molecule has 0 radical (unpaired) electrons. The standard InChI is InChI=1S/C16H16N2O5/c1-22-12-6-11(7-13(8-12)23-2)16(21)18-17-9-10-3-4-14(19)15(20)5-10/h3-9,19-20H,1-2H3,(H,18,21)/b17-9-. The predicted molar refractivity (Wildman–Crippen MR) is 84.4 cm³/mol. The molecule has 0 saturated heterocycles. The Morgan fingerprint density at radius 1 is 1.04 bits per heavy atom. The van der Waals surface area contributed by atoms with Crippen molar-refractivity contribution in [2.45, 2.75) is 0 Å². The van der Waals surface area contributed by atoms with Gasteiger partial charge in [-0.2, -0.15) is 5.10 Å². The summed E-state index contributed by atoms with van der Waals surface area (Å²) in [6, 6.07) is 8.95. The fraction of sp³-hybridized carbons (Fsp3) is 0.125. The van der Waals surface area contributed by atoms with Gasteiger partial charge in [-0.3, -0.25) is 4.79 Å². The maximum absolute atomic E-state index is 12.1. The van der Waals surface area contributed by atoms with E-state index in [4.69, 9.17) is 9.47 Å². The average molecular weight is 316 g/mol. The molecule has 0 saturated carbocycles. The van der Waals surface area contributed by atoms with Crippen LogP contribution >= 0.6 is 0 Å². The zero-order valence-electron chi connectivity index (χ0n) is 12.6. The third-order valence-corrected chi connectivity index (χ3v) is 2.99. The van der Waals surface area contributed by atoms with Crippen molar-refractivity contribution >= 4 is 12.1 Å². The van der Waals surface area contributed by atoms with Gasteiger partial charge in [0.1, 0.15) is 11.5 Å². The SMILES string of the molecule is COc1cc(OC)cc(C(=O)N/N=C\c2ccc(O)c(O)c2)c1. The molecule has 0 atom stereocenters. The van der Waals surface area contributed by atoms with Crippen molar-refractivity contribution < 1.29 is 24.5 Å². The number of nitrogens with zero attached hydrogens (tertiary/aromatic N) is 1. The van der Waals surface area contributed by atoms with Crippen LogP contribution in [-0.4, -0.2) is 36.6 Å². The predicted octanol–water partition coefficient (Wildman–Crippen LogP) is 1.88. The van der Waals surface area contributed by atoms with E-state index in [9.17, 15) is 15.0 Å². The Labute approximate surface area is 132 Å². The second kappa shape index (κ2) is 7.17. The minimum Gasteiger partial charge on any atom is -0.504 e. The van der Waals surface area contributed by atoms with Crippen molar-refractivity contribution in [2.75, 3.05) is 14.2 Å². The van der Waals surface area contributed by atoms with Gasteiger partial charge in [0.05, 0.1) is 20.4 Å². The molecule has 1 amide bonds. The van der Waals surface area contributed by atoms with Crippen molar-refractivity contribution in [3.63, 3.8) is 0 Å². The minimum atomic E-state index is -0.443. The number of phenols is 2. The molecule has 7 nitrogen and oxygen atoms in total. The van der Waals surface area contributed by atoms with Crippen LogP contribution in [0, 0.1) is 0 Å². The number of hydrazone groups is 1. The van der Waals surface area contributed by atoms with E-state index in [1.807, 2.05) is 0 Å². The number of nitrogens with one attached hydrogen (secondary N) is 1. The zero-order chi connectivity index (χ0) is 16.8. The molecular formula is C16H16N2O5. The van der Waals surface area contributed by atoms with Gasteiger partial charge in [-0.1, -0.05) is 0 Å². The van der Waals surface area contributed by atoms with Gasteiger partial charge in [0.2, 0.25) is 0 Å². The smallest absolute Gasteiger partial charge is 0.271 e. The summed E-state index contributed by atoms with van der Waals surface area (Å²) in [5, 5.41) is 22.4. The van der Waals surface area contributed by atoms with E-state index >= 15 is 0 Å². The fourth-order valence-corrected chi connectivity index (χ4v) is 1.79. The molecule has 0 aliphatic heterocycles. The summed E-state index contributed by atoms with van der Waals surface area (Å²) in [5.74, 6) is 0.0396. The Morgan fingerprint density at radius 3 is 2.26 bits per heavy atom. The number of carbonyl (C=O) groups is 1. The summed E-state index contributed by atoms with van der Waals surface area (Å²) in [6.07, 6.45) is 1.34. The van der Waals surface area contributed by atoms with E-state index in [1.165, 1.54) is 32.6 Å². The molecular weight excluding hydrogens is 300 g/mol. The number of amides is 1. The molecule has 2 rings (SSSR count). The molecule has 0 aromatic heterocycles. The summed E-state index contributed by atoms with van der Waals surface area (Å²) in [7, 11) is 2.98. The van der Waals surface area contributed by atoms with Crippen molar-refractivity contribution in [1.82, 2.24) is 5.43 Å². The van der Waals surface area contributed by atoms with Gasteiger partial charge in [0, 0.05) is 11.6 Å². The number of benzene rings is 2. The lowest BCUT2D eigenvalue weighted by Gasteiger charge is -2.07. The molecule has 2 aromatic carbocycles. The summed E-state index contributed by atoms with van der Waals surface area (Å²) >= 11 is 0. The zero-order valence-corrected chi connectivity index (χ0v) is 12.6. The third-order valence-electron chi connectivity index (χ3n) is 2.99. The molecule has 0 bridgehead atoms. The first kappa shape index (κ1) is 16.2. The first-order valence-electron chi connectivity index (χ1n) is 6.62. The van der Waals surface area contributed by atoms with Gasteiger partial charge in [0.15, 0.2) is 11.5 Å². The highest BCUT2D eigenvalue weighted by atomic mass is 16.5. The molecule has 0 aliphatic carbocycles. The first-order chi connectivity index (χ1) is 11.0. The Balaban J connectivity index is 2.09. The summed E-state index contributed by atoms with van der Waals surface area (Å²) in [4.78, 5) is 12.1. The normalized spacial score (nSPS) is 10.5. The van der Waals surface area contributed by atoms with Crippen LogP contribution in [0.4, 0.5) is 0 Å². The second-order valence-corrected chi connectivity index (χ2v) is 4.55. The minimum absolute atomic E-state index is 0.227. The maximum atomic E-state index is 12.1. The largest absolute Gasteiger partial charge is 0.504 e. The van der Waals surface area contributed by atoms with Crippen molar-refractivity contribution in [2.24, 2.45) is 5.10 Å². The quantitative estimate of drug-likeness (QED) is 0.444. The molecule has 0 aliphatic rings. The van der Waals surface area contributed by atoms with Crippen LogP contribution in [0.5, 0.6) is 23.0 Å². The molecule has 0 heterocycles.